The lowest BCUT2D eigenvalue weighted by atomic mass is 10.0. The Balaban J connectivity index is 2.00. The van der Waals surface area contributed by atoms with Crippen LogP contribution in [0.15, 0.2) is 42.5 Å². The average Bonchev–Trinajstić information content (AvgIpc) is 2.90. The van der Waals surface area contributed by atoms with Crippen molar-refractivity contribution in [3.63, 3.8) is 0 Å². The van der Waals surface area contributed by atoms with Gasteiger partial charge < -0.3 is 9.30 Å². The van der Waals surface area contributed by atoms with E-state index in [1.165, 1.54) is 7.11 Å². The van der Waals surface area contributed by atoms with Gasteiger partial charge >= 0.3 is 5.97 Å². The number of nitriles is 1. The van der Waals surface area contributed by atoms with Gasteiger partial charge in [-0.3, -0.25) is 4.79 Å². The molecule has 28 heavy (non-hydrogen) atoms. The van der Waals surface area contributed by atoms with Crippen LogP contribution in [0.5, 0.6) is 0 Å². The minimum Gasteiger partial charge on any atom is -0.465 e. The first kappa shape index (κ1) is 18.0. The summed E-state index contributed by atoms with van der Waals surface area (Å²) in [6.45, 7) is 0.489. The Morgan fingerprint density at radius 3 is 2.75 bits per heavy atom. The van der Waals surface area contributed by atoms with E-state index >= 15 is 0 Å². The fourth-order valence-corrected chi connectivity index (χ4v) is 4.11. The van der Waals surface area contributed by atoms with Gasteiger partial charge in [0, 0.05) is 29.6 Å². The molecule has 3 aromatic rings. The van der Waals surface area contributed by atoms with Crippen LogP contribution in [0.25, 0.3) is 10.9 Å². The van der Waals surface area contributed by atoms with E-state index in [-0.39, 0.29) is 5.78 Å². The number of rotatable bonds is 3. The van der Waals surface area contributed by atoms with Gasteiger partial charge in [-0.1, -0.05) is 24.3 Å². The molecular weight excluding hydrogens is 352 g/mol. The number of aromatic nitrogens is 1. The Hall–Kier alpha value is -3.39. The molecule has 1 aliphatic rings. The number of hydrogen-bond acceptors (Lipinski definition) is 4. The third-order valence-electron chi connectivity index (χ3n) is 5.34. The third kappa shape index (κ3) is 2.97. The normalized spacial score (nSPS) is 13.6. The van der Waals surface area contributed by atoms with Crippen molar-refractivity contribution < 1.29 is 14.3 Å². The second-order valence-corrected chi connectivity index (χ2v) is 7.04. The molecule has 4 rings (SSSR count). The molecule has 1 heterocycles. The molecule has 0 aliphatic heterocycles. The van der Waals surface area contributed by atoms with Crippen LogP contribution in [-0.4, -0.2) is 23.4 Å². The smallest absolute Gasteiger partial charge is 0.340 e. The van der Waals surface area contributed by atoms with Crippen LogP contribution in [0.2, 0.25) is 0 Å². The summed E-state index contributed by atoms with van der Waals surface area (Å²) in [7, 11) is 1.36. The molecule has 0 spiro atoms. The quantitative estimate of drug-likeness (QED) is 0.509. The number of ether oxygens (including phenoxy) is 1. The van der Waals surface area contributed by atoms with Crippen molar-refractivity contribution in [1.29, 1.82) is 5.26 Å². The number of methoxy groups -OCH3 is 1. The second kappa shape index (κ2) is 7.32. The van der Waals surface area contributed by atoms with E-state index in [4.69, 9.17) is 4.74 Å². The molecule has 0 saturated heterocycles. The van der Waals surface area contributed by atoms with E-state index in [1.807, 2.05) is 24.3 Å². The summed E-state index contributed by atoms with van der Waals surface area (Å²) in [4.78, 5) is 25.3. The molecule has 0 bridgehead atoms. The van der Waals surface area contributed by atoms with Crippen LogP contribution >= 0.6 is 0 Å². The molecule has 140 valence electrons. The molecule has 2 aromatic carbocycles. The summed E-state index contributed by atoms with van der Waals surface area (Å²) in [5.41, 5.74) is 4.43. The highest BCUT2D eigenvalue weighted by atomic mass is 16.5. The van der Waals surface area contributed by atoms with Crippen molar-refractivity contribution in [2.45, 2.75) is 32.2 Å². The molecule has 5 heteroatoms. The molecule has 0 radical (unpaired) electrons. The predicted molar refractivity (Wildman–Crippen MR) is 105 cm³/mol. The van der Waals surface area contributed by atoms with Crippen molar-refractivity contribution in [3.05, 3.63) is 70.4 Å². The van der Waals surface area contributed by atoms with Crippen LogP contribution < -0.4 is 0 Å². The SMILES string of the molecule is COC(=O)c1cccc2c3c(n(Cc4cccc(C#N)c4)c12)CCCCC3=O. The number of carbonyl (C=O) groups is 2. The molecule has 1 aromatic heterocycles. The van der Waals surface area contributed by atoms with E-state index in [0.29, 0.717) is 24.1 Å². The number of esters is 1. The summed E-state index contributed by atoms with van der Waals surface area (Å²) in [5.74, 6) is -0.290. The minimum absolute atomic E-state index is 0.129. The zero-order valence-corrected chi connectivity index (χ0v) is 15.7. The van der Waals surface area contributed by atoms with Crippen molar-refractivity contribution in [1.82, 2.24) is 4.57 Å². The molecule has 0 saturated carbocycles. The van der Waals surface area contributed by atoms with Crippen LogP contribution in [-0.2, 0) is 17.7 Å². The lowest BCUT2D eigenvalue weighted by Crippen LogP contribution is -2.09. The molecule has 0 unspecified atom stereocenters. The van der Waals surface area contributed by atoms with Crippen molar-refractivity contribution in [2.75, 3.05) is 7.11 Å². The number of benzene rings is 2. The maximum absolute atomic E-state index is 12.9. The fraction of sp³-hybridized carbons (Fsp3) is 0.261. The first-order valence-electron chi connectivity index (χ1n) is 9.38. The maximum atomic E-state index is 12.9. The second-order valence-electron chi connectivity index (χ2n) is 7.04. The van der Waals surface area contributed by atoms with Gasteiger partial charge in [0.2, 0.25) is 0 Å². The van der Waals surface area contributed by atoms with E-state index < -0.39 is 5.97 Å². The van der Waals surface area contributed by atoms with Gasteiger partial charge in [0.05, 0.1) is 29.8 Å². The molecule has 0 amide bonds. The molecular formula is C23H20N2O3. The highest BCUT2D eigenvalue weighted by molar-refractivity contribution is 6.14. The Morgan fingerprint density at radius 2 is 1.96 bits per heavy atom. The van der Waals surface area contributed by atoms with Gasteiger partial charge in [-0.2, -0.15) is 5.26 Å². The Bertz CT molecular complexity index is 1130. The summed E-state index contributed by atoms with van der Waals surface area (Å²) >= 11 is 0. The largest absolute Gasteiger partial charge is 0.465 e. The maximum Gasteiger partial charge on any atom is 0.340 e. The fourth-order valence-electron chi connectivity index (χ4n) is 4.11. The van der Waals surface area contributed by atoms with Gasteiger partial charge in [0.1, 0.15) is 0 Å². The van der Waals surface area contributed by atoms with Crippen LogP contribution in [0.3, 0.4) is 0 Å². The summed E-state index contributed by atoms with van der Waals surface area (Å²) in [6.07, 6.45) is 3.11. The van der Waals surface area contributed by atoms with Crippen LogP contribution in [0, 0.1) is 11.3 Å². The molecule has 0 atom stereocenters. The van der Waals surface area contributed by atoms with Crippen molar-refractivity contribution >= 4 is 22.7 Å². The average molecular weight is 372 g/mol. The van der Waals surface area contributed by atoms with Crippen molar-refractivity contribution in [3.8, 4) is 6.07 Å². The number of nitrogens with zero attached hydrogens (tertiary/aromatic N) is 2. The third-order valence-corrected chi connectivity index (χ3v) is 5.34. The monoisotopic (exact) mass is 372 g/mol. The summed E-state index contributed by atoms with van der Waals surface area (Å²) < 4.78 is 7.06. The van der Waals surface area contributed by atoms with E-state index in [9.17, 15) is 14.9 Å². The van der Waals surface area contributed by atoms with Crippen LogP contribution in [0.4, 0.5) is 0 Å². The predicted octanol–water partition coefficient (Wildman–Crippen LogP) is 4.26. The summed E-state index contributed by atoms with van der Waals surface area (Å²) in [5, 5.41) is 10.0. The number of ketones is 1. The minimum atomic E-state index is -0.419. The highest BCUT2D eigenvalue weighted by Crippen LogP contribution is 2.34. The van der Waals surface area contributed by atoms with E-state index in [1.54, 1.807) is 18.2 Å². The lowest BCUT2D eigenvalue weighted by Gasteiger charge is -2.13. The van der Waals surface area contributed by atoms with Gasteiger partial charge in [-0.25, -0.2) is 4.79 Å². The van der Waals surface area contributed by atoms with Crippen molar-refractivity contribution in [2.24, 2.45) is 0 Å². The van der Waals surface area contributed by atoms with Crippen LogP contribution in [0.1, 0.15) is 56.8 Å². The number of hydrogen-bond donors (Lipinski definition) is 0. The highest BCUT2D eigenvalue weighted by Gasteiger charge is 2.27. The van der Waals surface area contributed by atoms with E-state index in [0.717, 1.165) is 47.0 Å². The molecule has 0 N–H and O–H groups in total. The Labute approximate surface area is 163 Å². The topological polar surface area (TPSA) is 72.1 Å². The molecule has 0 fully saturated rings. The van der Waals surface area contributed by atoms with Gasteiger partial charge in [-0.15, -0.1) is 0 Å². The zero-order chi connectivity index (χ0) is 19.7. The molecule has 5 nitrogen and oxygen atoms in total. The summed E-state index contributed by atoms with van der Waals surface area (Å²) in [6, 6.07) is 15.0. The number of fused-ring (bicyclic) bond motifs is 3. The molecule has 1 aliphatic carbocycles. The van der Waals surface area contributed by atoms with Gasteiger partial charge in [0.15, 0.2) is 5.78 Å². The lowest BCUT2D eigenvalue weighted by molar-refractivity contribution is 0.0602. The number of carbonyl (C=O) groups excluding carboxylic acids is 2. The zero-order valence-electron chi connectivity index (χ0n) is 15.7. The first-order chi connectivity index (χ1) is 13.6. The van der Waals surface area contributed by atoms with E-state index in [2.05, 4.69) is 10.6 Å². The first-order valence-corrected chi connectivity index (χ1v) is 9.38. The van der Waals surface area contributed by atoms with Gasteiger partial charge in [0.25, 0.3) is 0 Å². The Kier molecular flexibility index (Phi) is 4.70. The number of Topliss-reactive ketones (excluding diaryl/α,β-unsaturated/α-hetero) is 1. The van der Waals surface area contributed by atoms with Gasteiger partial charge in [-0.05, 0) is 43.0 Å². The Morgan fingerprint density at radius 1 is 1.18 bits per heavy atom. The standard InChI is InChI=1S/C23H20N2O3/c1-28-23(27)18-9-5-8-17-21-19(10-2-3-11-20(21)26)25(22(17)18)14-16-7-4-6-15(12-16)13-24/h4-9,12H,2-3,10-11,14H2,1H3. The number of para-hydroxylation sites is 1.